The summed E-state index contributed by atoms with van der Waals surface area (Å²) in [4.78, 5) is 0. The molecule has 0 heterocycles. The third-order valence-electron chi connectivity index (χ3n) is 6.25. The Bertz CT molecular complexity index is 1140. The van der Waals surface area contributed by atoms with E-state index in [9.17, 15) is 4.39 Å². The largest absolute Gasteiger partial charge is 0.490 e. The Morgan fingerprint density at radius 3 is 2.30 bits per heavy atom. The van der Waals surface area contributed by atoms with E-state index in [1.807, 2.05) is 19.9 Å². The average molecular weight is 461 g/mol. The van der Waals surface area contributed by atoms with Crippen LogP contribution in [-0.4, -0.2) is 6.61 Å². The van der Waals surface area contributed by atoms with Gasteiger partial charge >= 0.3 is 0 Å². The molecule has 3 heteroatoms. The van der Waals surface area contributed by atoms with E-state index >= 15 is 0 Å². The van der Waals surface area contributed by atoms with Crippen LogP contribution < -0.4 is 4.74 Å². The van der Waals surface area contributed by atoms with Crippen molar-refractivity contribution in [2.24, 2.45) is 0 Å². The van der Waals surface area contributed by atoms with Crippen molar-refractivity contribution in [2.75, 3.05) is 6.61 Å². The summed E-state index contributed by atoms with van der Waals surface area (Å²) in [5, 5.41) is 0.165. The Hall–Kier alpha value is -2.84. The molecule has 33 heavy (non-hydrogen) atoms. The average Bonchev–Trinajstić information content (AvgIpc) is 2.86. The smallest absolute Gasteiger partial charge is 0.184 e. The molecule has 0 amide bonds. The number of benzene rings is 3. The normalized spacial score (nSPS) is 16.1. The lowest BCUT2D eigenvalue weighted by atomic mass is 9.82. The van der Waals surface area contributed by atoms with Crippen molar-refractivity contribution in [1.29, 1.82) is 0 Å². The molecule has 0 fully saturated rings. The van der Waals surface area contributed by atoms with E-state index in [1.54, 1.807) is 6.07 Å². The van der Waals surface area contributed by atoms with Crippen LogP contribution in [0.2, 0.25) is 5.02 Å². The molecule has 1 atom stereocenters. The van der Waals surface area contributed by atoms with E-state index in [-0.39, 0.29) is 10.8 Å². The third kappa shape index (κ3) is 5.39. The van der Waals surface area contributed by atoms with Gasteiger partial charge in [-0.25, -0.2) is 4.39 Å². The summed E-state index contributed by atoms with van der Waals surface area (Å²) in [5.74, 6) is 0.243. The number of hydrogen-bond acceptors (Lipinski definition) is 1. The van der Waals surface area contributed by atoms with Gasteiger partial charge in [0.05, 0.1) is 11.6 Å². The maximum atomic E-state index is 14.6. The van der Waals surface area contributed by atoms with Crippen molar-refractivity contribution in [2.45, 2.75) is 45.4 Å². The second-order valence-corrected chi connectivity index (χ2v) is 8.91. The molecule has 4 rings (SSSR count). The molecule has 170 valence electrons. The lowest BCUT2D eigenvalue weighted by Crippen LogP contribution is -2.05. The van der Waals surface area contributed by atoms with Gasteiger partial charge in [-0.15, -0.1) is 0 Å². The third-order valence-corrected chi connectivity index (χ3v) is 6.62. The summed E-state index contributed by atoms with van der Waals surface area (Å²) in [5.41, 5.74) is 6.92. The summed E-state index contributed by atoms with van der Waals surface area (Å²) in [6.45, 7) is 4.51. The SMILES string of the molecule is CC=Cc1ccc(-c2ccc(C3CC=C(c4ccc(OCCC)c(F)c4Cl)CC3)cc2)cc1. The Balaban J connectivity index is 1.45. The highest BCUT2D eigenvalue weighted by atomic mass is 35.5. The fourth-order valence-corrected chi connectivity index (χ4v) is 4.69. The fourth-order valence-electron chi connectivity index (χ4n) is 4.41. The highest BCUT2D eigenvalue weighted by Gasteiger charge is 2.21. The Kier molecular flexibility index (Phi) is 7.67. The van der Waals surface area contributed by atoms with E-state index < -0.39 is 5.82 Å². The summed E-state index contributed by atoms with van der Waals surface area (Å²) < 4.78 is 20.1. The summed E-state index contributed by atoms with van der Waals surface area (Å²) >= 11 is 6.37. The summed E-state index contributed by atoms with van der Waals surface area (Å²) in [7, 11) is 0. The highest BCUT2D eigenvalue weighted by Crippen LogP contribution is 2.40. The molecule has 3 aromatic carbocycles. The predicted molar refractivity (Wildman–Crippen MR) is 138 cm³/mol. The van der Waals surface area contributed by atoms with Crippen LogP contribution in [0.1, 0.15) is 62.1 Å². The summed E-state index contributed by atoms with van der Waals surface area (Å²) in [6, 6.07) is 21.1. The molecule has 0 aromatic heterocycles. The van der Waals surface area contributed by atoms with Gasteiger partial charge in [0.1, 0.15) is 0 Å². The number of allylic oxidation sites excluding steroid dienone is 3. The maximum absolute atomic E-state index is 14.6. The molecule has 0 spiro atoms. The Morgan fingerprint density at radius 2 is 1.70 bits per heavy atom. The van der Waals surface area contributed by atoms with Crippen LogP contribution in [0.3, 0.4) is 0 Å². The van der Waals surface area contributed by atoms with Crippen LogP contribution in [0, 0.1) is 5.82 Å². The lowest BCUT2D eigenvalue weighted by molar-refractivity contribution is 0.301. The van der Waals surface area contributed by atoms with Crippen LogP contribution in [0.5, 0.6) is 5.75 Å². The predicted octanol–water partition coefficient (Wildman–Crippen LogP) is 9.32. The van der Waals surface area contributed by atoms with Gasteiger partial charge in [0.25, 0.3) is 0 Å². The molecule has 0 saturated carbocycles. The molecule has 0 bridgehead atoms. The van der Waals surface area contributed by atoms with Crippen molar-refractivity contribution in [3.8, 4) is 16.9 Å². The van der Waals surface area contributed by atoms with Crippen molar-refractivity contribution < 1.29 is 9.13 Å². The molecule has 0 aliphatic heterocycles. The fraction of sp³-hybridized carbons (Fsp3) is 0.267. The lowest BCUT2D eigenvalue weighted by Gasteiger charge is -2.23. The molecule has 0 saturated heterocycles. The molecule has 1 aliphatic carbocycles. The Morgan fingerprint density at radius 1 is 1.00 bits per heavy atom. The van der Waals surface area contributed by atoms with Gasteiger partial charge in [0.2, 0.25) is 0 Å². The minimum absolute atomic E-state index is 0.165. The van der Waals surface area contributed by atoms with Crippen molar-refractivity contribution in [3.05, 3.63) is 100 Å². The number of hydrogen-bond donors (Lipinski definition) is 0. The zero-order valence-electron chi connectivity index (χ0n) is 19.3. The standard InChI is InChI=1S/C30H30ClFO/c1-3-5-21-6-8-22(9-7-21)23-10-12-24(13-11-23)25-14-16-26(17-15-25)27-18-19-28(33-20-4-2)30(32)29(27)31/h3,5-13,16,18-19,25H,4,14-15,17,20H2,1-2H3. The number of ether oxygens (including phenoxy) is 1. The van der Waals surface area contributed by atoms with Gasteiger partial charge in [0.15, 0.2) is 11.6 Å². The molecular weight excluding hydrogens is 431 g/mol. The molecule has 1 nitrogen and oxygen atoms in total. The van der Waals surface area contributed by atoms with Gasteiger partial charge < -0.3 is 4.74 Å². The molecule has 0 N–H and O–H groups in total. The first kappa shape index (κ1) is 23.3. The van der Waals surface area contributed by atoms with E-state index in [4.69, 9.17) is 16.3 Å². The van der Waals surface area contributed by atoms with Crippen LogP contribution in [0.25, 0.3) is 22.8 Å². The zero-order valence-corrected chi connectivity index (χ0v) is 20.0. The van der Waals surface area contributed by atoms with E-state index in [1.165, 1.54) is 22.3 Å². The van der Waals surface area contributed by atoms with Crippen molar-refractivity contribution >= 4 is 23.3 Å². The molecule has 3 aromatic rings. The first-order valence-electron chi connectivity index (χ1n) is 11.7. The van der Waals surface area contributed by atoms with E-state index in [0.29, 0.717) is 12.5 Å². The molecule has 0 radical (unpaired) electrons. The van der Waals surface area contributed by atoms with Gasteiger partial charge in [-0.2, -0.15) is 0 Å². The summed E-state index contributed by atoms with van der Waals surface area (Å²) in [6.07, 6.45) is 10.0. The zero-order chi connectivity index (χ0) is 23.2. The van der Waals surface area contributed by atoms with E-state index in [2.05, 4.69) is 66.8 Å². The van der Waals surface area contributed by atoms with Crippen molar-refractivity contribution in [3.63, 3.8) is 0 Å². The van der Waals surface area contributed by atoms with Crippen molar-refractivity contribution in [1.82, 2.24) is 0 Å². The molecular formula is C30H30ClFO. The van der Waals surface area contributed by atoms with E-state index in [0.717, 1.165) is 36.8 Å². The van der Waals surface area contributed by atoms with Crippen LogP contribution in [0.4, 0.5) is 4.39 Å². The van der Waals surface area contributed by atoms with Gasteiger partial charge in [-0.3, -0.25) is 0 Å². The number of rotatable bonds is 7. The van der Waals surface area contributed by atoms with Crippen LogP contribution in [-0.2, 0) is 0 Å². The van der Waals surface area contributed by atoms with Gasteiger partial charge in [-0.05, 0) is 84.0 Å². The van der Waals surface area contributed by atoms with Gasteiger partial charge in [0, 0.05) is 0 Å². The Labute approximate surface area is 201 Å². The first-order valence-corrected chi connectivity index (χ1v) is 12.1. The monoisotopic (exact) mass is 460 g/mol. The minimum Gasteiger partial charge on any atom is -0.490 e. The first-order chi connectivity index (χ1) is 16.1. The van der Waals surface area contributed by atoms with Crippen LogP contribution in [0.15, 0.2) is 72.8 Å². The second kappa shape index (κ2) is 10.9. The second-order valence-electron chi connectivity index (χ2n) is 8.53. The minimum atomic E-state index is -0.458. The topological polar surface area (TPSA) is 9.23 Å². The van der Waals surface area contributed by atoms with Crippen LogP contribution >= 0.6 is 11.6 Å². The number of halogens is 2. The molecule has 1 aliphatic rings. The quantitative estimate of drug-likeness (QED) is 0.341. The van der Waals surface area contributed by atoms with Gasteiger partial charge in [-0.1, -0.05) is 85.3 Å². The maximum Gasteiger partial charge on any atom is 0.184 e. The molecule has 1 unspecified atom stereocenters. The highest BCUT2D eigenvalue weighted by molar-refractivity contribution is 6.32.